The molecule has 1 atom stereocenters. The van der Waals surface area contributed by atoms with E-state index in [1.807, 2.05) is 55.5 Å². The van der Waals surface area contributed by atoms with Crippen LogP contribution in [-0.2, 0) is 16.1 Å². The molecular formula is C30H32ClN3O3. The Kier molecular flexibility index (Phi) is 7.47. The molecule has 0 unspecified atom stereocenters. The van der Waals surface area contributed by atoms with E-state index >= 15 is 0 Å². The Morgan fingerprint density at radius 1 is 1.03 bits per heavy atom. The van der Waals surface area contributed by atoms with Gasteiger partial charge in [-0.25, -0.2) is 0 Å². The van der Waals surface area contributed by atoms with Crippen LogP contribution in [0.1, 0.15) is 61.4 Å². The number of benzene rings is 3. The summed E-state index contributed by atoms with van der Waals surface area (Å²) in [6.45, 7) is 1.95. The van der Waals surface area contributed by atoms with Gasteiger partial charge in [-0.15, -0.1) is 0 Å². The van der Waals surface area contributed by atoms with Crippen LogP contribution in [0.2, 0.25) is 5.02 Å². The lowest BCUT2D eigenvalue weighted by Gasteiger charge is -2.34. The molecule has 1 aliphatic heterocycles. The van der Waals surface area contributed by atoms with E-state index in [4.69, 9.17) is 11.6 Å². The summed E-state index contributed by atoms with van der Waals surface area (Å²) < 4.78 is 0. The summed E-state index contributed by atoms with van der Waals surface area (Å²) in [7, 11) is 0. The minimum atomic E-state index is -0.665. The maximum absolute atomic E-state index is 13.9. The molecule has 1 fully saturated rings. The van der Waals surface area contributed by atoms with E-state index < -0.39 is 6.04 Å². The summed E-state index contributed by atoms with van der Waals surface area (Å²) in [5.74, 6) is -0.630. The van der Waals surface area contributed by atoms with Crippen LogP contribution < -0.4 is 10.2 Å². The van der Waals surface area contributed by atoms with Gasteiger partial charge in [-0.3, -0.25) is 19.3 Å². The Morgan fingerprint density at radius 3 is 2.49 bits per heavy atom. The van der Waals surface area contributed by atoms with E-state index in [2.05, 4.69) is 5.32 Å². The molecule has 1 aliphatic carbocycles. The monoisotopic (exact) mass is 517 g/mol. The minimum absolute atomic E-state index is 0.139. The van der Waals surface area contributed by atoms with Crippen LogP contribution in [0.5, 0.6) is 0 Å². The maximum atomic E-state index is 13.9. The molecule has 1 saturated carbocycles. The lowest BCUT2D eigenvalue weighted by atomic mass is 9.95. The number of carbonyl (C=O) groups excluding carboxylic acids is 3. The molecule has 192 valence electrons. The van der Waals surface area contributed by atoms with Gasteiger partial charge in [-0.2, -0.15) is 0 Å². The van der Waals surface area contributed by atoms with E-state index in [0.29, 0.717) is 17.0 Å². The predicted octanol–water partition coefficient (Wildman–Crippen LogP) is 5.71. The third-order valence-corrected chi connectivity index (χ3v) is 7.95. The molecule has 7 heteroatoms. The van der Waals surface area contributed by atoms with Crippen molar-refractivity contribution in [2.75, 3.05) is 11.4 Å². The first kappa shape index (κ1) is 25.3. The second-order valence-electron chi connectivity index (χ2n) is 9.95. The van der Waals surface area contributed by atoms with E-state index in [0.717, 1.165) is 47.7 Å². The quantitative estimate of drug-likeness (QED) is 0.416. The van der Waals surface area contributed by atoms with Crippen molar-refractivity contribution in [2.24, 2.45) is 0 Å². The zero-order chi connectivity index (χ0) is 25.9. The molecule has 6 nitrogen and oxygen atoms in total. The zero-order valence-corrected chi connectivity index (χ0v) is 21.8. The van der Waals surface area contributed by atoms with Gasteiger partial charge in [-0.1, -0.05) is 80.3 Å². The van der Waals surface area contributed by atoms with Crippen LogP contribution in [0.3, 0.4) is 0 Å². The van der Waals surface area contributed by atoms with Crippen LogP contribution in [0.15, 0.2) is 60.7 Å². The molecule has 3 aromatic rings. The number of carbonyl (C=O) groups is 3. The van der Waals surface area contributed by atoms with Gasteiger partial charge in [0.1, 0.15) is 12.6 Å². The molecule has 37 heavy (non-hydrogen) atoms. The Labute approximate surface area is 222 Å². The van der Waals surface area contributed by atoms with Gasteiger partial charge in [0.15, 0.2) is 0 Å². The van der Waals surface area contributed by atoms with Gasteiger partial charge >= 0.3 is 0 Å². The fourth-order valence-electron chi connectivity index (χ4n) is 5.64. The fourth-order valence-corrected chi connectivity index (χ4v) is 5.83. The van der Waals surface area contributed by atoms with Crippen LogP contribution >= 0.6 is 11.6 Å². The van der Waals surface area contributed by atoms with Crippen molar-refractivity contribution in [3.8, 4) is 0 Å². The Bertz CT molecular complexity index is 1330. The molecule has 1 heterocycles. The van der Waals surface area contributed by atoms with Crippen molar-refractivity contribution < 1.29 is 14.4 Å². The van der Waals surface area contributed by atoms with Crippen LogP contribution in [0.25, 0.3) is 10.8 Å². The number of nitrogens with one attached hydrogen (secondary N) is 1. The van der Waals surface area contributed by atoms with Crippen LogP contribution in [-0.4, -0.2) is 41.2 Å². The summed E-state index contributed by atoms with van der Waals surface area (Å²) in [6.07, 6.45) is 5.79. The summed E-state index contributed by atoms with van der Waals surface area (Å²) in [6, 6.07) is 18.2. The molecule has 0 bridgehead atoms. The predicted molar refractivity (Wildman–Crippen MR) is 147 cm³/mol. The van der Waals surface area contributed by atoms with Crippen molar-refractivity contribution in [1.82, 2.24) is 10.2 Å². The maximum Gasteiger partial charge on any atom is 0.259 e. The molecule has 5 rings (SSSR count). The summed E-state index contributed by atoms with van der Waals surface area (Å²) in [4.78, 5) is 43.9. The molecule has 0 aromatic heterocycles. The third-order valence-electron chi connectivity index (χ3n) is 7.58. The normalized spacial score (nSPS) is 16.2. The molecule has 2 aliphatic rings. The Morgan fingerprint density at radius 2 is 1.76 bits per heavy atom. The number of hydrogen-bond acceptors (Lipinski definition) is 3. The highest BCUT2D eigenvalue weighted by Crippen LogP contribution is 2.37. The van der Waals surface area contributed by atoms with Gasteiger partial charge in [0.25, 0.3) is 5.91 Å². The highest BCUT2D eigenvalue weighted by molar-refractivity contribution is 6.31. The largest absolute Gasteiger partial charge is 0.352 e. The average molecular weight is 518 g/mol. The number of hydrogen-bond donors (Lipinski definition) is 1. The molecule has 0 spiro atoms. The van der Waals surface area contributed by atoms with Gasteiger partial charge in [0.2, 0.25) is 11.8 Å². The van der Waals surface area contributed by atoms with Gasteiger partial charge < -0.3 is 10.2 Å². The number of amides is 3. The number of anilines is 1. The zero-order valence-electron chi connectivity index (χ0n) is 21.1. The number of nitrogens with zero attached hydrogens (tertiary/aromatic N) is 2. The SMILES string of the molecule is CC[C@@H](C(=O)NC1CCCCC1)N(Cc1ccccc1Cl)C(=O)CN1C(=O)c2cccc3cccc1c23. The third kappa shape index (κ3) is 5.08. The van der Waals surface area contributed by atoms with E-state index in [9.17, 15) is 14.4 Å². The van der Waals surface area contributed by atoms with Crippen molar-refractivity contribution in [3.63, 3.8) is 0 Å². The van der Waals surface area contributed by atoms with E-state index in [1.54, 1.807) is 17.0 Å². The minimum Gasteiger partial charge on any atom is -0.352 e. The van der Waals surface area contributed by atoms with Gasteiger partial charge in [0, 0.05) is 28.6 Å². The molecule has 1 N–H and O–H groups in total. The summed E-state index contributed by atoms with van der Waals surface area (Å²) >= 11 is 6.46. The van der Waals surface area contributed by atoms with Gasteiger partial charge in [0.05, 0.1) is 5.69 Å². The van der Waals surface area contributed by atoms with E-state index in [-0.39, 0.29) is 36.9 Å². The number of rotatable bonds is 8. The van der Waals surface area contributed by atoms with Crippen molar-refractivity contribution in [3.05, 3.63) is 76.8 Å². The lowest BCUT2D eigenvalue weighted by molar-refractivity contribution is -0.140. The second kappa shape index (κ2) is 10.9. The molecule has 0 saturated heterocycles. The number of halogens is 1. The van der Waals surface area contributed by atoms with Crippen molar-refractivity contribution >= 4 is 45.8 Å². The molecule has 0 radical (unpaired) electrons. The lowest BCUT2D eigenvalue weighted by Crippen LogP contribution is -2.53. The fraction of sp³-hybridized carbons (Fsp3) is 0.367. The first-order chi connectivity index (χ1) is 18.0. The standard InChI is InChI=1S/C30H32ClN3O3/c1-2-25(29(36)32-22-13-4-3-5-14-22)33(18-21-10-6-7-16-24(21)31)27(35)19-34-26-17-9-12-20-11-8-15-23(28(20)26)30(34)37/h6-12,15-17,22,25H,2-5,13-14,18-19H2,1H3,(H,32,36)/t25-/m0/s1. The van der Waals surface area contributed by atoms with Crippen LogP contribution in [0.4, 0.5) is 5.69 Å². The van der Waals surface area contributed by atoms with Gasteiger partial charge in [-0.05, 0) is 48.4 Å². The smallest absolute Gasteiger partial charge is 0.259 e. The molecule has 3 amide bonds. The first-order valence-electron chi connectivity index (χ1n) is 13.1. The van der Waals surface area contributed by atoms with Crippen molar-refractivity contribution in [2.45, 2.75) is 64.1 Å². The molecular weight excluding hydrogens is 486 g/mol. The average Bonchev–Trinajstić information content (AvgIpc) is 3.18. The summed E-state index contributed by atoms with van der Waals surface area (Å²) in [5.41, 5.74) is 2.09. The molecule has 3 aromatic carbocycles. The highest BCUT2D eigenvalue weighted by atomic mass is 35.5. The Hall–Kier alpha value is -3.38. The Balaban J connectivity index is 1.43. The van der Waals surface area contributed by atoms with Crippen molar-refractivity contribution in [1.29, 1.82) is 0 Å². The second-order valence-corrected chi connectivity index (χ2v) is 10.4. The highest BCUT2D eigenvalue weighted by Gasteiger charge is 2.35. The van der Waals surface area contributed by atoms with E-state index in [1.165, 1.54) is 11.3 Å². The first-order valence-corrected chi connectivity index (χ1v) is 13.5. The van der Waals surface area contributed by atoms with Crippen LogP contribution in [0, 0.1) is 0 Å². The topological polar surface area (TPSA) is 69.7 Å². The summed E-state index contributed by atoms with van der Waals surface area (Å²) in [5, 5.41) is 5.56.